The fourth-order valence-electron chi connectivity index (χ4n) is 2.67. The standard InChI is InChI=1S/C12H22N4O2S/c1-16-9-11(12(13)15-16)19(17,18)14-8-4-7-10-5-2-3-6-10/h9-10,14H,2-8H2,1H3,(H2,13,15). The summed E-state index contributed by atoms with van der Waals surface area (Å²) in [7, 11) is -1.88. The summed E-state index contributed by atoms with van der Waals surface area (Å²) in [5.74, 6) is 0.832. The summed E-state index contributed by atoms with van der Waals surface area (Å²) in [6.07, 6.45) is 8.64. The molecule has 1 aromatic heterocycles. The van der Waals surface area contributed by atoms with Gasteiger partial charge >= 0.3 is 0 Å². The number of hydrogen-bond acceptors (Lipinski definition) is 4. The Morgan fingerprint density at radius 3 is 2.74 bits per heavy atom. The number of nitrogens with two attached hydrogens (primary N) is 1. The Labute approximate surface area is 114 Å². The molecule has 3 N–H and O–H groups in total. The first-order valence-electron chi connectivity index (χ1n) is 6.78. The molecule has 1 aliphatic rings. The van der Waals surface area contributed by atoms with Crippen molar-refractivity contribution in [1.29, 1.82) is 0 Å². The Kier molecular flexibility index (Phi) is 4.46. The van der Waals surface area contributed by atoms with Gasteiger partial charge in [-0.25, -0.2) is 13.1 Å². The lowest BCUT2D eigenvalue weighted by Gasteiger charge is -2.09. The second-order valence-corrected chi connectivity index (χ2v) is 6.98. The molecular formula is C12H22N4O2S. The maximum Gasteiger partial charge on any atom is 0.245 e. The first-order chi connectivity index (χ1) is 8.99. The number of anilines is 1. The molecule has 1 heterocycles. The monoisotopic (exact) mass is 286 g/mol. The fraction of sp³-hybridized carbons (Fsp3) is 0.750. The Balaban J connectivity index is 1.82. The summed E-state index contributed by atoms with van der Waals surface area (Å²) in [6.45, 7) is 0.465. The second kappa shape index (κ2) is 5.92. The lowest BCUT2D eigenvalue weighted by Crippen LogP contribution is -2.25. The zero-order valence-corrected chi connectivity index (χ0v) is 12.1. The molecule has 19 heavy (non-hydrogen) atoms. The summed E-state index contributed by atoms with van der Waals surface area (Å²) < 4.78 is 28.0. The van der Waals surface area contributed by atoms with E-state index in [0.29, 0.717) is 6.54 Å². The van der Waals surface area contributed by atoms with Gasteiger partial charge < -0.3 is 5.73 Å². The highest BCUT2D eigenvalue weighted by Crippen LogP contribution is 2.28. The van der Waals surface area contributed by atoms with E-state index in [9.17, 15) is 8.42 Å². The number of nitrogens with one attached hydrogen (secondary N) is 1. The lowest BCUT2D eigenvalue weighted by atomic mass is 10.0. The first-order valence-corrected chi connectivity index (χ1v) is 8.26. The Hall–Kier alpha value is -1.08. The van der Waals surface area contributed by atoms with Gasteiger partial charge in [-0.3, -0.25) is 4.68 Å². The molecule has 1 fully saturated rings. The third kappa shape index (κ3) is 3.70. The van der Waals surface area contributed by atoms with Gasteiger partial charge in [-0.15, -0.1) is 0 Å². The number of rotatable bonds is 6. The molecular weight excluding hydrogens is 264 g/mol. The average Bonchev–Trinajstić information content (AvgIpc) is 2.94. The number of nitrogens with zero attached hydrogens (tertiary/aromatic N) is 2. The van der Waals surface area contributed by atoms with Crippen molar-refractivity contribution < 1.29 is 8.42 Å². The molecule has 1 aromatic rings. The van der Waals surface area contributed by atoms with Crippen LogP contribution in [0.25, 0.3) is 0 Å². The Morgan fingerprint density at radius 1 is 1.47 bits per heavy atom. The number of sulfonamides is 1. The van der Waals surface area contributed by atoms with E-state index in [2.05, 4.69) is 9.82 Å². The van der Waals surface area contributed by atoms with E-state index in [-0.39, 0.29) is 10.7 Å². The van der Waals surface area contributed by atoms with Crippen LogP contribution in [0.2, 0.25) is 0 Å². The number of nitrogen functional groups attached to an aromatic ring is 1. The van der Waals surface area contributed by atoms with Gasteiger partial charge in [-0.2, -0.15) is 5.10 Å². The average molecular weight is 286 g/mol. The molecule has 0 aliphatic heterocycles. The van der Waals surface area contributed by atoms with E-state index in [1.807, 2.05) is 0 Å². The summed E-state index contributed by atoms with van der Waals surface area (Å²) in [6, 6.07) is 0. The van der Waals surface area contributed by atoms with Gasteiger partial charge in [0.25, 0.3) is 0 Å². The summed E-state index contributed by atoms with van der Waals surface area (Å²) in [4.78, 5) is 0.0656. The van der Waals surface area contributed by atoms with Crippen LogP contribution in [0.15, 0.2) is 11.1 Å². The highest BCUT2D eigenvalue weighted by atomic mass is 32.2. The molecule has 0 radical (unpaired) electrons. The van der Waals surface area contributed by atoms with Crippen LogP contribution in [-0.2, 0) is 17.1 Å². The van der Waals surface area contributed by atoms with E-state index in [4.69, 9.17) is 5.73 Å². The molecule has 1 saturated carbocycles. The lowest BCUT2D eigenvalue weighted by molar-refractivity contribution is 0.480. The Morgan fingerprint density at radius 2 is 2.16 bits per heavy atom. The van der Waals surface area contributed by atoms with Crippen molar-refractivity contribution in [1.82, 2.24) is 14.5 Å². The topological polar surface area (TPSA) is 90.0 Å². The van der Waals surface area contributed by atoms with Gasteiger partial charge in [-0.05, 0) is 18.8 Å². The third-order valence-electron chi connectivity index (χ3n) is 3.67. The molecule has 0 amide bonds. The van der Waals surface area contributed by atoms with Crippen LogP contribution in [0.3, 0.4) is 0 Å². The van der Waals surface area contributed by atoms with Crippen LogP contribution < -0.4 is 10.5 Å². The van der Waals surface area contributed by atoms with E-state index in [1.165, 1.54) is 36.6 Å². The largest absolute Gasteiger partial charge is 0.381 e. The smallest absolute Gasteiger partial charge is 0.245 e. The molecule has 2 rings (SSSR count). The van der Waals surface area contributed by atoms with Crippen molar-refractivity contribution in [3.63, 3.8) is 0 Å². The van der Waals surface area contributed by atoms with Crippen molar-refractivity contribution in [2.45, 2.75) is 43.4 Å². The molecule has 0 aromatic carbocycles. The van der Waals surface area contributed by atoms with Gasteiger partial charge in [0.05, 0.1) is 0 Å². The molecule has 0 bridgehead atoms. The molecule has 6 nitrogen and oxygen atoms in total. The number of aromatic nitrogens is 2. The van der Waals surface area contributed by atoms with Gasteiger partial charge in [0.2, 0.25) is 10.0 Å². The molecule has 7 heteroatoms. The van der Waals surface area contributed by atoms with Gasteiger partial charge in [0.15, 0.2) is 5.82 Å². The highest BCUT2D eigenvalue weighted by Gasteiger charge is 2.20. The predicted octanol–water partition coefficient (Wildman–Crippen LogP) is 1.25. The zero-order chi connectivity index (χ0) is 13.9. The summed E-state index contributed by atoms with van der Waals surface area (Å²) in [5.41, 5.74) is 5.58. The molecule has 0 spiro atoms. The van der Waals surface area contributed by atoms with E-state index in [0.717, 1.165) is 18.8 Å². The molecule has 0 saturated heterocycles. The minimum atomic E-state index is -3.52. The number of aryl methyl sites for hydroxylation is 1. The second-order valence-electron chi connectivity index (χ2n) is 5.24. The van der Waals surface area contributed by atoms with Crippen molar-refractivity contribution in [2.75, 3.05) is 12.3 Å². The van der Waals surface area contributed by atoms with Crippen LogP contribution in [0.4, 0.5) is 5.82 Å². The van der Waals surface area contributed by atoms with Crippen LogP contribution >= 0.6 is 0 Å². The third-order valence-corrected chi connectivity index (χ3v) is 5.15. The molecule has 108 valence electrons. The van der Waals surface area contributed by atoms with Gasteiger partial charge in [0.1, 0.15) is 4.90 Å². The maximum atomic E-state index is 12.0. The van der Waals surface area contributed by atoms with E-state index in [1.54, 1.807) is 7.05 Å². The van der Waals surface area contributed by atoms with Crippen molar-refractivity contribution in [2.24, 2.45) is 13.0 Å². The van der Waals surface area contributed by atoms with Crippen molar-refractivity contribution in [3.8, 4) is 0 Å². The van der Waals surface area contributed by atoms with Crippen LogP contribution in [-0.4, -0.2) is 24.7 Å². The van der Waals surface area contributed by atoms with E-state index < -0.39 is 10.0 Å². The first kappa shape index (κ1) is 14.3. The zero-order valence-electron chi connectivity index (χ0n) is 11.3. The Bertz CT molecular complexity index is 518. The van der Waals surface area contributed by atoms with Crippen molar-refractivity contribution in [3.05, 3.63) is 6.20 Å². The van der Waals surface area contributed by atoms with E-state index >= 15 is 0 Å². The van der Waals surface area contributed by atoms with Crippen LogP contribution in [0.1, 0.15) is 38.5 Å². The predicted molar refractivity (Wildman–Crippen MR) is 74.0 cm³/mol. The maximum absolute atomic E-state index is 12.0. The molecule has 1 aliphatic carbocycles. The number of hydrogen-bond donors (Lipinski definition) is 2. The minimum Gasteiger partial charge on any atom is -0.381 e. The normalized spacial score (nSPS) is 17.1. The van der Waals surface area contributed by atoms with Crippen LogP contribution in [0, 0.1) is 5.92 Å². The quantitative estimate of drug-likeness (QED) is 0.770. The molecule has 0 unspecified atom stereocenters. The van der Waals surface area contributed by atoms with Gasteiger partial charge in [-0.1, -0.05) is 25.7 Å². The summed E-state index contributed by atoms with van der Waals surface area (Å²) in [5, 5.41) is 3.84. The van der Waals surface area contributed by atoms with Gasteiger partial charge in [0, 0.05) is 19.8 Å². The highest BCUT2D eigenvalue weighted by molar-refractivity contribution is 7.89. The fourth-order valence-corrected chi connectivity index (χ4v) is 3.84. The minimum absolute atomic E-state index is 0.0470. The SMILES string of the molecule is Cn1cc(S(=O)(=O)NCCCC2CCCC2)c(N)n1. The van der Waals surface area contributed by atoms with Crippen LogP contribution in [0.5, 0.6) is 0 Å². The molecule has 0 atom stereocenters. The van der Waals surface area contributed by atoms with Crippen molar-refractivity contribution >= 4 is 15.8 Å². The summed E-state index contributed by atoms with van der Waals surface area (Å²) >= 11 is 0.